The molecule has 4 rings (SSSR count). The zero-order chi connectivity index (χ0) is 18.1. The highest BCUT2D eigenvalue weighted by Crippen LogP contribution is 2.26. The highest BCUT2D eigenvalue weighted by molar-refractivity contribution is 5.94. The summed E-state index contributed by atoms with van der Waals surface area (Å²) in [5.74, 6) is 0.586. The standard InChI is InChI=1S/C21H31N3O2/c1-15(2)20-13-24-12-17(11-19(24)14-26-20)22-21(25)16-5-7-18(8-6-16)23-9-3-4-10-23/h5-8,15,17,19-20H,3-4,9-14H2,1-2H3,(H,22,25)/t17-,19+,20-/m1/s1. The van der Waals surface area contributed by atoms with E-state index in [4.69, 9.17) is 4.74 Å². The molecule has 1 N–H and O–H groups in total. The monoisotopic (exact) mass is 357 g/mol. The molecule has 5 heteroatoms. The van der Waals surface area contributed by atoms with Gasteiger partial charge in [-0.3, -0.25) is 9.69 Å². The molecular weight excluding hydrogens is 326 g/mol. The number of nitrogens with one attached hydrogen (secondary N) is 1. The van der Waals surface area contributed by atoms with E-state index in [1.807, 2.05) is 12.1 Å². The summed E-state index contributed by atoms with van der Waals surface area (Å²) in [5.41, 5.74) is 1.99. The summed E-state index contributed by atoms with van der Waals surface area (Å²) < 4.78 is 5.99. The van der Waals surface area contributed by atoms with Gasteiger partial charge >= 0.3 is 0 Å². The number of rotatable bonds is 4. The van der Waals surface area contributed by atoms with Crippen LogP contribution in [0.3, 0.4) is 0 Å². The molecule has 3 saturated heterocycles. The van der Waals surface area contributed by atoms with Crippen LogP contribution in [0.4, 0.5) is 5.69 Å². The van der Waals surface area contributed by atoms with Gasteiger partial charge in [0.25, 0.3) is 5.91 Å². The SMILES string of the molecule is CC(C)[C@H]1CN2C[C@H](NC(=O)c3ccc(N4CCCC4)cc3)C[C@H]2CO1. The number of benzene rings is 1. The van der Waals surface area contributed by atoms with Crippen LogP contribution in [0.25, 0.3) is 0 Å². The Kier molecular flexibility index (Phi) is 5.18. The van der Waals surface area contributed by atoms with Gasteiger partial charge < -0.3 is 15.0 Å². The molecule has 0 aromatic heterocycles. The number of amides is 1. The number of morpholine rings is 1. The van der Waals surface area contributed by atoms with Crippen molar-refractivity contribution in [3.05, 3.63) is 29.8 Å². The van der Waals surface area contributed by atoms with Crippen molar-refractivity contribution in [2.24, 2.45) is 5.92 Å². The second-order valence-corrected chi connectivity index (χ2v) is 8.37. The van der Waals surface area contributed by atoms with Gasteiger partial charge in [-0.15, -0.1) is 0 Å². The number of hydrogen-bond acceptors (Lipinski definition) is 4. The third-order valence-electron chi connectivity index (χ3n) is 6.12. The van der Waals surface area contributed by atoms with Crippen molar-refractivity contribution in [1.29, 1.82) is 0 Å². The zero-order valence-electron chi connectivity index (χ0n) is 16.0. The molecule has 0 spiro atoms. The van der Waals surface area contributed by atoms with E-state index in [9.17, 15) is 4.79 Å². The maximum atomic E-state index is 12.6. The van der Waals surface area contributed by atoms with E-state index < -0.39 is 0 Å². The van der Waals surface area contributed by atoms with Gasteiger partial charge in [0.2, 0.25) is 0 Å². The Morgan fingerprint density at radius 2 is 1.88 bits per heavy atom. The molecule has 142 valence electrons. The first-order chi connectivity index (χ1) is 12.6. The summed E-state index contributed by atoms with van der Waals surface area (Å²) in [6.07, 6.45) is 3.84. The minimum atomic E-state index is 0.0455. The first kappa shape index (κ1) is 17.8. The molecule has 5 nitrogen and oxygen atoms in total. The maximum absolute atomic E-state index is 12.6. The lowest BCUT2D eigenvalue weighted by atomic mass is 10.0. The van der Waals surface area contributed by atoms with E-state index in [1.165, 1.54) is 18.5 Å². The number of nitrogens with zero attached hydrogens (tertiary/aromatic N) is 2. The van der Waals surface area contributed by atoms with Crippen LogP contribution < -0.4 is 10.2 Å². The number of ether oxygens (including phenoxy) is 1. The van der Waals surface area contributed by atoms with Crippen LogP contribution in [0, 0.1) is 5.92 Å². The first-order valence-electron chi connectivity index (χ1n) is 10.1. The van der Waals surface area contributed by atoms with Crippen molar-refractivity contribution >= 4 is 11.6 Å². The Balaban J connectivity index is 1.32. The van der Waals surface area contributed by atoms with E-state index in [-0.39, 0.29) is 11.9 Å². The zero-order valence-corrected chi connectivity index (χ0v) is 16.0. The molecule has 1 amide bonds. The molecule has 0 saturated carbocycles. The highest BCUT2D eigenvalue weighted by atomic mass is 16.5. The lowest BCUT2D eigenvalue weighted by Crippen LogP contribution is -2.48. The molecule has 0 radical (unpaired) electrons. The average molecular weight is 357 g/mol. The summed E-state index contributed by atoms with van der Waals surface area (Å²) in [7, 11) is 0. The summed E-state index contributed by atoms with van der Waals surface area (Å²) >= 11 is 0. The smallest absolute Gasteiger partial charge is 0.251 e. The fourth-order valence-corrected chi connectivity index (χ4v) is 4.48. The Labute approximate surface area is 156 Å². The van der Waals surface area contributed by atoms with Crippen molar-refractivity contribution in [3.8, 4) is 0 Å². The van der Waals surface area contributed by atoms with Crippen LogP contribution in [0.2, 0.25) is 0 Å². The second-order valence-electron chi connectivity index (χ2n) is 8.37. The number of carbonyl (C=O) groups is 1. The average Bonchev–Trinajstić information content (AvgIpc) is 3.30. The van der Waals surface area contributed by atoms with Crippen molar-refractivity contribution in [2.75, 3.05) is 37.7 Å². The molecule has 0 bridgehead atoms. The number of hydrogen-bond donors (Lipinski definition) is 1. The molecular formula is C21H31N3O2. The molecule has 26 heavy (non-hydrogen) atoms. The van der Waals surface area contributed by atoms with E-state index in [0.717, 1.165) is 44.8 Å². The largest absolute Gasteiger partial charge is 0.375 e. The molecule has 0 unspecified atom stereocenters. The van der Waals surface area contributed by atoms with Gasteiger partial charge in [0, 0.05) is 49.5 Å². The van der Waals surface area contributed by atoms with Crippen molar-refractivity contribution in [3.63, 3.8) is 0 Å². The van der Waals surface area contributed by atoms with Crippen molar-refractivity contribution in [1.82, 2.24) is 10.2 Å². The molecule has 3 atom stereocenters. The summed E-state index contributed by atoms with van der Waals surface area (Å²) in [6, 6.07) is 8.76. The van der Waals surface area contributed by atoms with E-state index in [0.29, 0.717) is 18.1 Å². The van der Waals surface area contributed by atoms with Crippen LogP contribution >= 0.6 is 0 Å². The lowest BCUT2D eigenvalue weighted by molar-refractivity contribution is -0.0683. The van der Waals surface area contributed by atoms with Crippen LogP contribution in [0.1, 0.15) is 43.5 Å². The molecule has 1 aromatic rings. The Hall–Kier alpha value is -1.59. The lowest BCUT2D eigenvalue weighted by Gasteiger charge is -2.36. The summed E-state index contributed by atoms with van der Waals surface area (Å²) in [5, 5.41) is 3.23. The number of carbonyl (C=O) groups excluding carboxylic acids is 1. The van der Waals surface area contributed by atoms with Gasteiger partial charge in [0.1, 0.15) is 0 Å². The predicted molar refractivity (Wildman–Crippen MR) is 104 cm³/mol. The molecule has 1 aromatic carbocycles. The highest BCUT2D eigenvalue weighted by Gasteiger charge is 2.38. The number of fused-ring (bicyclic) bond motifs is 1. The van der Waals surface area contributed by atoms with Crippen LogP contribution in [-0.4, -0.2) is 61.8 Å². The van der Waals surface area contributed by atoms with Gasteiger partial charge in [-0.25, -0.2) is 0 Å². The fourth-order valence-electron chi connectivity index (χ4n) is 4.48. The number of anilines is 1. The summed E-state index contributed by atoms with van der Waals surface area (Å²) in [6.45, 7) is 9.40. The molecule has 3 fully saturated rings. The normalized spacial score (nSPS) is 29.2. The van der Waals surface area contributed by atoms with Crippen molar-refractivity contribution in [2.45, 2.75) is 51.3 Å². The molecule has 0 aliphatic carbocycles. The van der Waals surface area contributed by atoms with Crippen LogP contribution in [0.15, 0.2) is 24.3 Å². The quantitative estimate of drug-likeness (QED) is 0.899. The predicted octanol–water partition coefficient (Wildman–Crippen LogP) is 2.51. The van der Waals surface area contributed by atoms with Gasteiger partial charge in [0.15, 0.2) is 0 Å². The minimum Gasteiger partial charge on any atom is -0.375 e. The van der Waals surface area contributed by atoms with E-state index >= 15 is 0 Å². The second kappa shape index (κ2) is 7.57. The Morgan fingerprint density at radius 3 is 2.58 bits per heavy atom. The molecule has 3 aliphatic heterocycles. The summed E-state index contributed by atoms with van der Waals surface area (Å²) in [4.78, 5) is 17.5. The van der Waals surface area contributed by atoms with Gasteiger partial charge in [-0.2, -0.15) is 0 Å². The van der Waals surface area contributed by atoms with E-state index in [2.05, 4.69) is 41.1 Å². The van der Waals surface area contributed by atoms with Crippen molar-refractivity contribution < 1.29 is 9.53 Å². The van der Waals surface area contributed by atoms with Gasteiger partial charge in [-0.05, 0) is 49.4 Å². The van der Waals surface area contributed by atoms with Crippen LogP contribution in [0.5, 0.6) is 0 Å². The third-order valence-corrected chi connectivity index (χ3v) is 6.12. The first-order valence-corrected chi connectivity index (χ1v) is 10.1. The fraction of sp³-hybridized carbons (Fsp3) is 0.667. The third kappa shape index (κ3) is 3.74. The van der Waals surface area contributed by atoms with Gasteiger partial charge in [-0.1, -0.05) is 13.8 Å². The Morgan fingerprint density at radius 1 is 1.15 bits per heavy atom. The van der Waals surface area contributed by atoms with Gasteiger partial charge in [0.05, 0.1) is 12.7 Å². The molecule has 3 aliphatic rings. The molecule has 3 heterocycles. The topological polar surface area (TPSA) is 44.8 Å². The minimum absolute atomic E-state index is 0.0455. The van der Waals surface area contributed by atoms with Crippen LogP contribution in [-0.2, 0) is 4.74 Å². The maximum Gasteiger partial charge on any atom is 0.251 e. The van der Waals surface area contributed by atoms with E-state index in [1.54, 1.807) is 0 Å². The Bertz CT molecular complexity index is 625.